The highest BCUT2D eigenvalue weighted by Crippen LogP contribution is 2.27. The minimum atomic E-state index is -0.919. The summed E-state index contributed by atoms with van der Waals surface area (Å²) in [6.07, 6.45) is 1.53. The van der Waals surface area contributed by atoms with E-state index in [1.807, 2.05) is 6.92 Å². The number of nitrogens with two attached hydrogens (primary N) is 1. The molecule has 1 heterocycles. The summed E-state index contributed by atoms with van der Waals surface area (Å²) in [4.78, 5) is 25.9. The molecule has 0 aliphatic rings. The molecule has 108 valence electrons. The summed E-state index contributed by atoms with van der Waals surface area (Å²) >= 11 is 0. The number of aromatic nitrogens is 1. The van der Waals surface area contributed by atoms with E-state index in [0.29, 0.717) is 6.07 Å². The van der Waals surface area contributed by atoms with E-state index < -0.39 is 28.0 Å². The molecule has 0 saturated carbocycles. The molecule has 2 aromatic rings. The molecule has 0 saturated heterocycles. The van der Waals surface area contributed by atoms with Crippen molar-refractivity contribution >= 4 is 23.1 Å². The van der Waals surface area contributed by atoms with Gasteiger partial charge in [0.1, 0.15) is 17.3 Å². The molecule has 0 unspecified atom stereocenters. The Hall–Kier alpha value is -3.03. The number of hydrogen-bond donors (Lipinski definition) is 2. The normalized spacial score (nSPS) is 10.2. The maximum Gasteiger partial charge on any atom is 0.295 e. The van der Waals surface area contributed by atoms with Crippen LogP contribution in [0.25, 0.3) is 0 Å². The number of benzene rings is 1. The first-order chi connectivity index (χ1) is 9.88. The number of rotatable bonds is 3. The van der Waals surface area contributed by atoms with E-state index in [4.69, 9.17) is 5.73 Å². The van der Waals surface area contributed by atoms with Gasteiger partial charge in [-0.05, 0) is 24.6 Å². The summed E-state index contributed by atoms with van der Waals surface area (Å²) in [5, 5.41) is 13.2. The molecule has 3 N–H and O–H groups in total. The molecular weight excluding hydrogens is 279 g/mol. The summed E-state index contributed by atoms with van der Waals surface area (Å²) in [5.41, 5.74) is 5.07. The topological polar surface area (TPSA) is 111 Å². The van der Waals surface area contributed by atoms with Gasteiger partial charge in [-0.15, -0.1) is 0 Å². The highest BCUT2D eigenvalue weighted by molar-refractivity contribution is 6.08. The van der Waals surface area contributed by atoms with Crippen LogP contribution in [0.3, 0.4) is 0 Å². The molecule has 2 rings (SSSR count). The summed E-state index contributed by atoms with van der Waals surface area (Å²) in [6, 6.07) is 4.78. The fourth-order valence-corrected chi connectivity index (χ4v) is 1.67. The number of nitro groups is 1. The largest absolute Gasteiger partial charge is 0.393 e. The van der Waals surface area contributed by atoms with Crippen molar-refractivity contribution in [3.63, 3.8) is 0 Å². The monoisotopic (exact) mass is 290 g/mol. The van der Waals surface area contributed by atoms with E-state index in [0.717, 1.165) is 11.6 Å². The average molecular weight is 290 g/mol. The van der Waals surface area contributed by atoms with E-state index in [1.54, 1.807) is 12.1 Å². The lowest BCUT2D eigenvalue weighted by atomic mass is 10.1. The van der Waals surface area contributed by atoms with Crippen LogP contribution in [0.15, 0.2) is 30.5 Å². The molecule has 1 aromatic heterocycles. The van der Waals surface area contributed by atoms with Crippen LogP contribution in [0.1, 0.15) is 15.9 Å². The van der Waals surface area contributed by atoms with Crippen LogP contribution in [0, 0.1) is 22.9 Å². The second-order valence-electron chi connectivity index (χ2n) is 4.32. The number of amides is 1. The third kappa shape index (κ3) is 3.11. The molecule has 1 aromatic carbocycles. The van der Waals surface area contributed by atoms with Crippen molar-refractivity contribution < 1.29 is 14.1 Å². The van der Waals surface area contributed by atoms with Gasteiger partial charge < -0.3 is 11.1 Å². The minimum absolute atomic E-state index is 0.233. The number of nitro benzene ring substituents is 1. The Balaban J connectivity index is 2.35. The lowest BCUT2D eigenvalue weighted by Crippen LogP contribution is -2.16. The Morgan fingerprint density at radius 2 is 2.14 bits per heavy atom. The first-order valence-corrected chi connectivity index (χ1v) is 5.86. The minimum Gasteiger partial charge on any atom is -0.393 e. The smallest absolute Gasteiger partial charge is 0.295 e. The SMILES string of the molecule is Cc1ccc(NC(=O)c2cc(F)cc([N+](=O)[O-])c2N)nc1. The summed E-state index contributed by atoms with van der Waals surface area (Å²) in [5.74, 6) is -1.46. The third-order valence-electron chi connectivity index (χ3n) is 2.72. The molecule has 0 aliphatic heterocycles. The van der Waals surface area contributed by atoms with E-state index in [2.05, 4.69) is 10.3 Å². The second kappa shape index (κ2) is 5.53. The molecule has 0 radical (unpaired) electrons. The zero-order valence-corrected chi connectivity index (χ0v) is 11.0. The Morgan fingerprint density at radius 1 is 1.43 bits per heavy atom. The van der Waals surface area contributed by atoms with Crippen molar-refractivity contribution in [1.29, 1.82) is 0 Å². The molecule has 7 nitrogen and oxygen atoms in total. The zero-order valence-electron chi connectivity index (χ0n) is 11.0. The predicted octanol–water partition coefficient (Wildman–Crippen LogP) is 2.27. The number of nitrogen functional groups attached to an aromatic ring is 1. The van der Waals surface area contributed by atoms with Gasteiger partial charge in [0, 0.05) is 6.20 Å². The maximum atomic E-state index is 13.4. The van der Waals surface area contributed by atoms with E-state index in [-0.39, 0.29) is 11.4 Å². The van der Waals surface area contributed by atoms with Gasteiger partial charge in [0.2, 0.25) is 0 Å². The molecule has 21 heavy (non-hydrogen) atoms. The van der Waals surface area contributed by atoms with Crippen molar-refractivity contribution in [3.8, 4) is 0 Å². The van der Waals surface area contributed by atoms with Gasteiger partial charge in [0.25, 0.3) is 11.6 Å². The number of carbonyl (C=O) groups excluding carboxylic acids is 1. The highest BCUT2D eigenvalue weighted by Gasteiger charge is 2.21. The van der Waals surface area contributed by atoms with E-state index >= 15 is 0 Å². The number of nitrogens with zero attached hydrogens (tertiary/aromatic N) is 2. The van der Waals surface area contributed by atoms with Crippen LogP contribution in [0.5, 0.6) is 0 Å². The lowest BCUT2D eigenvalue weighted by Gasteiger charge is -2.07. The fraction of sp³-hybridized carbons (Fsp3) is 0.0769. The van der Waals surface area contributed by atoms with Crippen LogP contribution in [0.4, 0.5) is 21.6 Å². The van der Waals surface area contributed by atoms with Crippen LogP contribution in [-0.4, -0.2) is 15.8 Å². The van der Waals surface area contributed by atoms with Crippen molar-refractivity contribution in [2.24, 2.45) is 0 Å². The second-order valence-corrected chi connectivity index (χ2v) is 4.32. The fourth-order valence-electron chi connectivity index (χ4n) is 1.67. The van der Waals surface area contributed by atoms with Gasteiger partial charge in [-0.1, -0.05) is 6.07 Å². The maximum absolute atomic E-state index is 13.4. The van der Waals surface area contributed by atoms with Gasteiger partial charge in [-0.3, -0.25) is 14.9 Å². The van der Waals surface area contributed by atoms with Crippen LogP contribution >= 0.6 is 0 Å². The lowest BCUT2D eigenvalue weighted by molar-refractivity contribution is -0.384. The Morgan fingerprint density at radius 3 is 2.71 bits per heavy atom. The number of pyridine rings is 1. The number of carbonyl (C=O) groups is 1. The third-order valence-corrected chi connectivity index (χ3v) is 2.72. The molecule has 1 amide bonds. The number of halogens is 1. The van der Waals surface area contributed by atoms with Crippen LogP contribution < -0.4 is 11.1 Å². The van der Waals surface area contributed by atoms with Gasteiger partial charge in [-0.2, -0.15) is 0 Å². The van der Waals surface area contributed by atoms with Crippen LogP contribution in [0.2, 0.25) is 0 Å². The van der Waals surface area contributed by atoms with Crippen molar-refractivity contribution in [2.75, 3.05) is 11.1 Å². The van der Waals surface area contributed by atoms with Gasteiger partial charge >= 0.3 is 0 Å². The van der Waals surface area contributed by atoms with Crippen LogP contribution in [-0.2, 0) is 0 Å². The van der Waals surface area contributed by atoms with Crippen molar-refractivity contribution in [1.82, 2.24) is 4.98 Å². The number of nitrogens with one attached hydrogen (secondary N) is 1. The summed E-state index contributed by atoms with van der Waals surface area (Å²) < 4.78 is 13.4. The summed E-state index contributed by atoms with van der Waals surface area (Å²) in [6.45, 7) is 1.83. The Bertz CT molecular complexity index is 716. The summed E-state index contributed by atoms with van der Waals surface area (Å²) in [7, 11) is 0. The molecule has 0 bridgehead atoms. The molecule has 0 aliphatic carbocycles. The van der Waals surface area contributed by atoms with Crippen molar-refractivity contribution in [3.05, 3.63) is 57.5 Å². The Labute approximate surface area is 118 Å². The van der Waals surface area contributed by atoms with Gasteiger partial charge in [0.05, 0.1) is 16.6 Å². The molecule has 0 spiro atoms. The van der Waals surface area contributed by atoms with E-state index in [9.17, 15) is 19.3 Å². The highest BCUT2D eigenvalue weighted by atomic mass is 19.1. The molecule has 8 heteroatoms. The van der Waals surface area contributed by atoms with Gasteiger partial charge in [-0.25, -0.2) is 9.37 Å². The van der Waals surface area contributed by atoms with E-state index in [1.165, 1.54) is 6.20 Å². The molecule has 0 fully saturated rings. The number of anilines is 2. The predicted molar refractivity (Wildman–Crippen MR) is 74.4 cm³/mol. The van der Waals surface area contributed by atoms with Gasteiger partial charge in [0.15, 0.2) is 0 Å². The first kappa shape index (κ1) is 14.4. The zero-order chi connectivity index (χ0) is 15.6. The molecule has 0 atom stereocenters. The molecular formula is C13H11FN4O3. The number of hydrogen-bond acceptors (Lipinski definition) is 5. The quantitative estimate of drug-likeness (QED) is 0.511. The Kier molecular flexibility index (Phi) is 3.79. The first-order valence-electron chi connectivity index (χ1n) is 5.86. The average Bonchev–Trinajstić information content (AvgIpc) is 2.43. The van der Waals surface area contributed by atoms with Crippen molar-refractivity contribution in [2.45, 2.75) is 6.92 Å². The number of aryl methyl sites for hydroxylation is 1. The standard InChI is InChI=1S/C13H11FN4O3/c1-7-2-3-11(16-6-7)17-13(19)9-4-8(14)5-10(12(9)15)18(20)21/h2-6H,15H2,1H3,(H,16,17,19).